The van der Waals surface area contributed by atoms with E-state index in [2.05, 4.69) is 5.16 Å². The van der Waals surface area contributed by atoms with Crippen LogP contribution in [0.1, 0.15) is 10.4 Å². The van der Waals surface area contributed by atoms with Crippen molar-refractivity contribution in [3.63, 3.8) is 0 Å². The number of rotatable bonds is 3. The van der Waals surface area contributed by atoms with E-state index < -0.39 is 12.1 Å². The Bertz CT molecular complexity index is 810. The van der Waals surface area contributed by atoms with Crippen molar-refractivity contribution in [1.29, 1.82) is 0 Å². The minimum absolute atomic E-state index is 0.0251. The summed E-state index contributed by atoms with van der Waals surface area (Å²) >= 11 is 11.7. The maximum atomic E-state index is 12.0. The van der Waals surface area contributed by atoms with Crippen molar-refractivity contribution in [2.45, 2.75) is 6.10 Å². The molecule has 6 nitrogen and oxygen atoms in total. The molecule has 24 heavy (non-hydrogen) atoms. The first-order chi connectivity index (χ1) is 11.5. The van der Waals surface area contributed by atoms with Crippen LogP contribution in [0.3, 0.4) is 0 Å². The molecule has 2 aromatic rings. The zero-order valence-corrected chi connectivity index (χ0v) is 13.8. The Morgan fingerprint density at radius 3 is 2.71 bits per heavy atom. The standard InChI is InChI=1S/C16H12Cl2N2O4/c17-9-5-6-10(11(18)7-9)16(21)24-20-15(19)14-8-22-12-3-1-2-4-13(12)23-14/h1-7,14H,8H2,(H2,19,20)/t14-/m1/s1. The fourth-order valence-corrected chi connectivity index (χ4v) is 2.51. The lowest BCUT2D eigenvalue weighted by Gasteiger charge is -2.25. The Morgan fingerprint density at radius 2 is 1.96 bits per heavy atom. The first-order valence-electron chi connectivity index (χ1n) is 6.93. The summed E-state index contributed by atoms with van der Waals surface area (Å²) in [4.78, 5) is 16.8. The molecule has 1 aliphatic heterocycles. The maximum absolute atomic E-state index is 12.0. The van der Waals surface area contributed by atoms with E-state index in [1.807, 2.05) is 6.07 Å². The molecule has 0 amide bonds. The van der Waals surface area contributed by atoms with Crippen molar-refractivity contribution >= 4 is 35.0 Å². The number of fused-ring (bicyclic) bond motifs is 1. The van der Waals surface area contributed by atoms with E-state index in [1.165, 1.54) is 18.2 Å². The molecule has 0 radical (unpaired) electrons. The summed E-state index contributed by atoms with van der Waals surface area (Å²) in [6.45, 7) is 0.158. The van der Waals surface area contributed by atoms with Gasteiger partial charge in [-0.2, -0.15) is 0 Å². The van der Waals surface area contributed by atoms with Crippen LogP contribution in [0.2, 0.25) is 10.0 Å². The number of para-hydroxylation sites is 2. The lowest BCUT2D eigenvalue weighted by atomic mass is 10.2. The smallest absolute Gasteiger partial charge is 0.367 e. The molecule has 1 aliphatic rings. The number of nitrogens with two attached hydrogens (primary N) is 1. The number of hydrogen-bond acceptors (Lipinski definition) is 5. The van der Waals surface area contributed by atoms with Crippen LogP contribution in [-0.4, -0.2) is 24.5 Å². The molecule has 8 heteroatoms. The lowest BCUT2D eigenvalue weighted by molar-refractivity contribution is 0.0504. The van der Waals surface area contributed by atoms with Crippen LogP contribution in [0.15, 0.2) is 47.6 Å². The molecule has 2 aromatic carbocycles. The highest BCUT2D eigenvalue weighted by atomic mass is 35.5. The summed E-state index contributed by atoms with van der Waals surface area (Å²) in [6.07, 6.45) is -0.659. The van der Waals surface area contributed by atoms with Crippen molar-refractivity contribution in [2.24, 2.45) is 10.9 Å². The van der Waals surface area contributed by atoms with Crippen LogP contribution in [-0.2, 0) is 4.84 Å². The monoisotopic (exact) mass is 366 g/mol. The van der Waals surface area contributed by atoms with Gasteiger partial charge in [0.25, 0.3) is 0 Å². The molecule has 0 unspecified atom stereocenters. The molecule has 3 rings (SSSR count). The second-order valence-electron chi connectivity index (χ2n) is 4.88. The van der Waals surface area contributed by atoms with Gasteiger partial charge in [0, 0.05) is 5.02 Å². The molecule has 124 valence electrons. The Morgan fingerprint density at radius 1 is 1.21 bits per heavy atom. The normalized spacial score (nSPS) is 16.6. The summed E-state index contributed by atoms with van der Waals surface area (Å²) in [7, 11) is 0. The molecule has 1 heterocycles. The molecule has 0 fully saturated rings. The third kappa shape index (κ3) is 3.55. The third-order valence-corrected chi connectivity index (χ3v) is 3.77. The Hall–Kier alpha value is -2.44. The van der Waals surface area contributed by atoms with Crippen molar-refractivity contribution < 1.29 is 19.1 Å². The summed E-state index contributed by atoms with van der Waals surface area (Å²) in [5, 5.41) is 4.18. The van der Waals surface area contributed by atoms with E-state index in [4.69, 9.17) is 43.2 Å². The van der Waals surface area contributed by atoms with Gasteiger partial charge in [-0.15, -0.1) is 0 Å². The third-order valence-electron chi connectivity index (χ3n) is 3.22. The van der Waals surface area contributed by atoms with Gasteiger partial charge in [0.15, 0.2) is 23.4 Å². The average Bonchev–Trinajstić information content (AvgIpc) is 2.59. The Labute approximate surface area is 147 Å². The number of amidine groups is 1. The first-order valence-corrected chi connectivity index (χ1v) is 7.68. The molecule has 0 aromatic heterocycles. The van der Waals surface area contributed by atoms with Gasteiger partial charge in [-0.25, -0.2) is 4.79 Å². The van der Waals surface area contributed by atoms with Gasteiger partial charge in [0.2, 0.25) is 0 Å². The topological polar surface area (TPSA) is 83.1 Å². The SMILES string of the molecule is NC(=NOC(=O)c1ccc(Cl)cc1Cl)[C@H]1COc2ccccc2O1. The quantitative estimate of drug-likeness (QED) is 0.390. The van der Waals surface area contributed by atoms with E-state index in [-0.39, 0.29) is 23.0 Å². The van der Waals surface area contributed by atoms with Crippen LogP contribution in [0, 0.1) is 0 Å². The van der Waals surface area contributed by atoms with Crippen molar-refractivity contribution in [3.8, 4) is 11.5 Å². The zero-order chi connectivity index (χ0) is 17.1. The van der Waals surface area contributed by atoms with Gasteiger partial charge in [-0.1, -0.05) is 40.5 Å². The number of benzene rings is 2. The van der Waals surface area contributed by atoms with E-state index in [9.17, 15) is 4.79 Å². The number of carbonyl (C=O) groups excluding carboxylic acids is 1. The maximum Gasteiger partial charge on any atom is 0.367 e. The predicted molar refractivity (Wildman–Crippen MR) is 89.9 cm³/mol. The van der Waals surface area contributed by atoms with Crippen LogP contribution in [0.25, 0.3) is 0 Å². The van der Waals surface area contributed by atoms with E-state index in [0.29, 0.717) is 16.5 Å². The van der Waals surface area contributed by atoms with Crippen LogP contribution in [0.5, 0.6) is 11.5 Å². The summed E-state index contributed by atoms with van der Waals surface area (Å²) < 4.78 is 11.2. The van der Waals surface area contributed by atoms with Gasteiger partial charge in [-0.05, 0) is 30.3 Å². The number of carbonyl (C=O) groups is 1. The van der Waals surface area contributed by atoms with Crippen molar-refractivity contribution in [1.82, 2.24) is 0 Å². The highest BCUT2D eigenvalue weighted by molar-refractivity contribution is 6.36. The Kier molecular flexibility index (Phi) is 4.78. The highest BCUT2D eigenvalue weighted by Crippen LogP contribution is 2.30. The number of hydrogen-bond donors (Lipinski definition) is 1. The van der Waals surface area contributed by atoms with Crippen molar-refractivity contribution in [3.05, 3.63) is 58.1 Å². The second-order valence-corrected chi connectivity index (χ2v) is 5.73. The molecule has 1 atom stereocenters. The number of halogens is 2. The molecule has 0 saturated heterocycles. The summed E-state index contributed by atoms with van der Waals surface area (Å²) in [5.74, 6) is 0.380. The zero-order valence-electron chi connectivity index (χ0n) is 12.2. The molecule has 0 aliphatic carbocycles. The minimum Gasteiger partial charge on any atom is -0.485 e. The Balaban J connectivity index is 1.67. The predicted octanol–water partition coefficient (Wildman–Crippen LogP) is 3.26. The van der Waals surface area contributed by atoms with E-state index >= 15 is 0 Å². The van der Waals surface area contributed by atoms with Crippen LogP contribution >= 0.6 is 23.2 Å². The van der Waals surface area contributed by atoms with E-state index in [0.717, 1.165) is 0 Å². The summed E-state index contributed by atoms with van der Waals surface area (Å²) in [6, 6.07) is 11.6. The number of nitrogens with zero attached hydrogens (tertiary/aromatic N) is 1. The second kappa shape index (κ2) is 6.98. The van der Waals surface area contributed by atoms with Crippen LogP contribution < -0.4 is 15.2 Å². The molecule has 0 saturated carbocycles. The van der Waals surface area contributed by atoms with Gasteiger partial charge < -0.3 is 20.0 Å². The van der Waals surface area contributed by atoms with Gasteiger partial charge in [-0.3, -0.25) is 0 Å². The summed E-state index contributed by atoms with van der Waals surface area (Å²) in [5.41, 5.74) is 5.94. The molecule has 0 spiro atoms. The van der Waals surface area contributed by atoms with Crippen molar-refractivity contribution in [2.75, 3.05) is 6.61 Å². The van der Waals surface area contributed by atoms with Crippen LogP contribution in [0.4, 0.5) is 0 Å². The van der Waals surface area contributed by atoms with Gasteiger partial charge in [0.1, 0.15) is 6.61 Å². The average molecular weight is 367 g/mol. The number of oxime groups is 1. The highest BCUT2D eigenvalue weighted by Gasteiger charge is 2.25. The lowest BCUT2D eigenvalue weighted by Crippen LogP contribution is -2.41. The molecule has 2 N–H and O–H groups in total. The first kappa shape index (κ1) is 16.4. The fourth-order valence-electron chi connectivity index (χ4n) is 2.02. The van der Waals surface area contributed by atoms with Gasteiger partial charge in [0.05, 0.1) is 10.6 Å². The molecular formula is C16H12Cl2N2O4. The molecule has 0 bridgehead atoms. The largest absolute Gasteiger partial charge is 0.485 e. The van der Waals surface area contributed by atoms with E-state index in [1.54, 1.807) is 18.2 Å². The fraction of sp³-hybridized carbons (Fsp3) is 0.125. The molecular weight excluding hydrogens is 355 g/mol. The minimum atomic E-state index is -0.753. The van der Waals surface area contributed by atoms with Gasteiger partial charge >= 0.3 is 5.97 Å². The number of ether oxygens (including phenoxy) is 2.